The molecule has 0 saturated heterocycles. The molecule has 0 amide bonds. The van der Waals surface area contributed by atoms with E-state index in [0.29, 0.717) is 10.9 Å². The van der Waals surface area contributed by atoms with E-state index in [9.17, 15) is 18.0 Å². The molecule has 0 aliphatic rings. The predicted octanol–water partition coefficient (Wildman–Crippen LogP) is 5.15. The van der Waals surface area contributed by atoms with Crippen LogP contribution in [0.4, 0.5) is 13.2 Å². The molecule has 0 radical (unpaired) electrons. The Morgan fingerprint density at radius 3 is 2.57 bits per heavy atom. The van der Waals surface area contributed by atoms with Crippen molar-refractivity contribution in [3.05, 3.63) is 86.9 Å². The Labute approximate surface area is 178 Å². The van der Waals surface area contributed by atoms with Crippen LogP contribution in [0.2, 0.25) is 5.02 Å². The highest BCUT2D eigenvalue weighted by atomic mass is 35.5. The summed E-state index contributed by atoms with van der Waals surface area (Å²) >= 11 is 7.37. The number of alkyl halides is 3. The summed E-state index contributed by atoms with van der Waals surface area (Å²) in [7, 11) is 0. The molecule has 0 aliphatic carbocycles. The molecule has 2 heterocycles. The summed E-state index contributed by atoms with van der Waals surface area (Å²) in [5.41, 5.74) is 0.566. The summed E-state index contributed by atoms with van der Waals surface area (Å²) in [6, 6.07) is 11.3. The van der Waals surface area contributed by atoms with Gasteiger partial charge in [-0.1, -0.05) is 53.7 Å². The molecule has 154 valence electrons. The predicted molar refractivity (Wildman–Crippen MR) is 109 cm³/mol. The third kappa shape index (κ3) is 3.70. The number of fused-ring (bicyclic) bond motifs is 1. The molecular weight excluding hydrogens is 437 g/mol. The zero-order chi connectivity index (χ0) is 21.5. The Balaban J connectivity index is 1.72. The van der Waals surface area contributed by atoms with Crippen LogP contribution in [0.15, 0.2) is 64.8 Å². The Bertz CT molecular complexity index is 1300. The van der Waals surface area contributed by atoms with Gasteiger partial charge in [0.05, 0.1) is 16.3 Å². The van der Waals surface area contributed by atoms with Crippen molar-refractivity contribution in [2.24, 2.45) is 0 Å². The molecule has 0 bridgehead atoms. The second-order valence-electron chi connectivity index (χ2n) is 6.50. The Hall–Kier alpha value is -2.78. The van der Waals surface area contributed by atoms with E-state index in [1.807, 2.05) is 31.2 Å². The second kappa shape index (κ2) is 7.81. The molecule has 0 unspecified atom stereocenters. The minimum Gasteiger partial charge on any atom is -0.278 e. The maximum absolute atomic E-state index is 13.2. The van der Waals surface area contributed by atoms with Gasteiger partial charge in [-0.05, 0) is 30.2 Å². The number of aromatic nitrogens is 4. The van der Waals surface area contributed by atoms with Gasteiger partial charge in [0.15, 0.2) is 5.16 Å². The Morgan fingerprint density at radius 1 is 1.07 bits per heavy atom. The molecular formula is C20H14ClF3N4OS. The summed E-state index contributed by atoms with van der Waals surface area (Å²) in [6.07, 6.45) is -1.74. The summed E-state index contributed by atoms with van der Waals surface area (Å²) in [6.45, 7) is 2.01. The molecule has 0 saturated carbocycles. The first-order valence-electron chi connectivity index (χ1n) is 8.77. The number of benzene rings is 2. The highest BCUT2D eigenvalue weighted by Crippen LogP contribution is 2.37. The summed E-state index contributed by atoms with van der Waals surface area (Å²) in [5, 5.41) is 7.95. The van der Waals surface area contributed by atoms with Crippen molar-refractivity contribution in [3.63, 3.8) is 0 Å². The molecule has 4 rings (SSSR count). The number of hydrogen-bond acceptors (Lipinski definition) is 4. The number of nitrogens with zero attached hydrogens (tertiary/aromatic N) is 4. The van der Waals surface area contributed by atoms with Crippen LogP contribution < -0.4 is 5.56 Å². The largest absolute Gasteiger partial charge is 0.417 e. The van der Waals surface area contributed by atoms with Crippen molar-refractivity contribution in [1.82, 2.24) is 19.2 Å². The van der Waals surface area contributed by atoms with Gasteiger partial charge in [0.2, 0.25) is 5.65 Å². The van der Waals surface area contributed by atoms with Gasteiger partial charge >= 0.3 is 11.7 Å². The zero-order valence-corrected chi connectivity index (χ0v) is 17.1. The monoisotopic (exact) mass is 450 g/mol. The standard InChI is InChI=1S/C20H14ClF3N4OS/c1-12-5-2-3-6-13(12)11-30-19-26-25-17-18(29)27(9-10-28(17)19)15-8-4-7-14(16(15)21)20(22,23)24/h2-10H,11H2,1H3. The van der Waals surface area contributed by atoms with Gasteiger partial charge in [0.25, 0.3) is 0 Å². The molecule has 0 spiro atoms. The van der Waals surface area contributed by atoms with Gasteiger partial charge < -0.3 is 0 Å². The third-order valence-corrected chi connectivity index (χ3v) is 5.99. The molecule has 10 heteroatoms. The van der Waals surface area contributed by atoms with E-state index in [2.05, 4.69) is 10.2 Å². The molecule has 0 aliphatic heterocycles. The SMILES string of the molecule is Cc1ccccc1CSc1nnc2c(=O)n(-c3cccc(C(F)(F)F)c3Cl)ccn12. The molecule has 0 fully saturated rings. The Morgan fingerprint density at radius 2 is 1.83 bits per heavy atom. The summed E-state index contributed by atoms with van der Waals surface area (Å²) < 4.78 is 42.0. The van der Waals surface area contributed by atoms with Crippen molar-refractivity contribution in [2.75, 3.05) is 0 Å². The number of aryl methyl sites for hydroxylation is 1. The summed E-state index contributed by atoms with van der Waals surface area (Å²) in [4.78, 5) is 12.9. The molecule has 4 aromatic rings. The lowest BCUT2D eigenvalue weighted by Gasteiger charge is -2.13. The molecule has 30 heavy (non-hydrogen) atoms. The minimum absolute atomic E-state index is 0.00161. The van der Waals surface area contributed by atoms with Crippen molar-refractivity contribution in [3.8, 4) is 5.69 Å². The second-order valence-corrected chi connectivity index (χ2v) is 7.82. The first kappa shape index (κ1) is 20.5. The smallest absolute Gasteiger partial charge is 0.278 e. The van der Waals surface area contributed by atoms with Crippen molar-refractivity contribution < 1.29 is 13.2 Å². The van der Waals surface area contributed by atoms with Gasteiger partial charge in [-0.3, -0.25) is 13.8 Å². The van der Waals surface area contributed by atoms with Crippen molar-refractivity contribution in [2.45, 2.75) is 24.0 Å². The number of halogens is 4. The minimum atomic E-state index is -4.63. The van der Waals surface area contributed by atoms with Crippen LogP contribution in [0, 0.1) is 6.92 Å². The fourth-order valence-corrected chi connectivity index (χ4v) is 4.31. The van der Waals surface area contributed by atoms with E-state index in [1.165, 1.54) is 40.7 Å². The van der Waals surface area contributed by atoms with E-state index < -0.39 is 22.3 Å². The van der Waals surface area contributed by atoms with Gasteiger partial charge in [0, 0.05) is 18.1 Å². The van der Waals surface area contributed by atoms with Crippen molar-refractivity contribution in [1.29, 1.82) is 0 Å². The third-order valence-electron chi connectivity index (χ3n) is 4.60. The fourth-order valence-electron chi connectivity index (χ4n) is 2.99. The topological polar surface area (TPSA) is 52.2 Å². The van der Waals surface area contributed by atoms with Crippen LogP contribution >= 0.6 is 23.4 Å². The van der Waals surface area contributed by atoms with Crippen LogP contribution in [0.1, 0.15) is 16.7 Å². The highest BCUT2D eigenvalue weighted by molar-refractivity contribution is 7.98. The maximum atomic E-state index is 13.2. The lowest BCUT2D eigenvalue weighted by atomic mass is 10.1. The lowest BCUT2D eigenvalue weighted by Crippen LogP contribution is -2.21. The zero-order valence-electron chi connectivity index (χ0n) is 15.5. The van der Waals surface area contributed by atoms with Crippen LogP contribution in [-0.2, 0) is 11.9 Å². The number of hydrogen-bond donors (Lipinski definition) is 0. The average molecular weight is 451 g/mol. The quantitative estimate of drug-likeness (QED) is 0.403. The van der Waals surface area contributed by atoms with Crippen LogP contribution in [0.25, 0.3) is 11.3 Å². The normalized spacial score (nSPS) is 11.9. The number of rotatable bonds is 4. The first-order chi connectivity index (χ1) is 14.3. The highest BCUT2D eigenvalue weighted by Gasteiger charge is 2.34. The van der Waals surface area contributed by atoms with E-state index in [0.717, 1.165) is 21.8 Å². The van der Waals surface area contributed by atoms with Gasteiger partial charge in [0.1, 0.15) is 0 Å². The lowest BCUT2D eigenvalue weighted by molar-refractivity contribution is -0.137. The van der Waals surface area contributed by atoms with Crippen LogP contribution in [0.3, 0.4) is 0 Å². The molecule has 0 atom stereocenters. The Kier molecular flexibility index (Phi) is 5.33. The first-order valence-corrected chi connectivity index (χ1v) is 10.1. The van der Waals surface area contributed by atoms with Gasteiger partial charge in [-0.15, -0.1) is 10.2 Å². The molecule has 0 N–H and O–H groups in total. The van der Waals surface area contributed by atoms with Crippen LogP contribution in [0.5, 0.6) is 0 Å². The average Bonchev–Trinajstić information content (AvgIpc) is 3.11. The van der Waals surface area contributed by atoms with E-state index in [1.54, 1.807) is 0 Å². The van der Waals surface area contributed by atoms with Gasteiger partial charge in [-0.2, -0.15) is 13.2 Å². The van der Waals surface area contributed by atoms with Crippen molar-refractivity contribution >= 4 is 29.0 Å². The van der Waals surface area contributed by atoms with E-state index in [-0.39, 0.29) is 11.3 Å². The number of thioether (sulfide) groups is 1. The fraction of sp³-hybridized carbons (Fsp3) is 0.150. The maximum Gasteiger partial charge on any atom is 0.417 e. The van der Waals surface area contributed by atoms with E-state index >= 15 is 0 Å². The van der Waals surface area contributed by atoms with E-state index in [4.69, 9.17) is 11.6 Å². The summed E-state index contributed by atoms with van der Waals surface area (Å²) in [5.74, 6) is 0.635. The molecule has 2 aromatic heterocycles. The molecule has 5 nitrogen and oxygen atoms in total. The van der Waals surface area contributed by atoms with Gasteiger partial charge in [-0.25, -0.2) is 0 Å². The van der Waals surface area contributed by atoms with Crippen LogP contribution in [-0.4, -0.2) is 19.2 Å². The molecule has 2 aromatic carbocycles.